The molecule has 1 aliphatic heterocycles. The van der Waals surface area contributed by atoms with Crippen LogP contribution >= 0.6 is 12.2 Å². The Morgan fingerprint density at radius 2 is 1.79 bits per heavy atom. The highest BCUT2D eigenvalue weighted by Gasteiger charge is 2.28. The van der Waals surface area contributed by atoms with Gasteiger partial charge in [-0.1, -0.05) is 0 Å². The highest BCUT2D eigenvalue weighted by atomic mass is 32.1. The van der Waals surface area contributed by atoms with Gasteiger partial charge in [-0.25, -0.2) is 14.4 Å². The van der Waals surface area contributed by atoms with Gasteiger partial charge in [-0.2, -0.15) is 0 Å². The van der Waals surface area contributed by atoms with Crippen LogP contribution in [0.1, 0.15) is 27.2 Å². The molecular formula is C18H27N3O7S. The molecule has 1 heterocycles. The van der Waals surface area contributed by atoms with Crippen LogP contribution in [0.3, 0.4) is 0 Å². The number of thiocarbonyl (C=S) groups is 1. The summed E-state index contributed by atoms with van der Waals surface area (Å²) in [6.07, 6.45) is -0.542. The molecule has 0 saturated carbocycles. The number of dihydropyridines is 1. The van der Waals surface area contributed by atoms with E-state index in [2.05, 4.69) is 16.0 Å². The number of hydrogen-bond acceptors (Lipinski definition) is 9. The number of rotatable bonds is 9. The van der Waals surface area contributed by atoms with E-state index in [1.54, 1.807) is 20.8 Å². The largest absolute Gasteiger partial charge is 0.466 e. The fourth-order valence-corrected chi connectivity index (χ4v) is 2.58. The van der Waals surface area contributed by atoms with Gasteiger partial charge in [0.05, 0.1) is 50.4 Å². The molecule has 0 aromatic carbocycles. The summed E-state index contributed by atoms with van der Waals surface area (Å²) in [5.41, 5.74) is 1.77. The third-order valence-electron chi connectivity index (χ3n) is 3.73. The highest BCUT2D eigenvalue weighted by Crippen LogP contribution is 2.25. The molecule has 162 valence electrons. The SMILES string of the molecule is CCOC(=O)NC(=S)NCCOCC1=C(C(=O)OCC)CC(C(=O)OC)=C(C)N1. The average Bonchev–Trinajstić information content (AvgIpc) is 2.67. The fraction of sp³-hybridized carbons (Fsp3) is 0.556. The number of methoxy groups -OCH3 is 1. The van der Waals surface area contributed by atoms with Crippen LogP contribution in [0.15, 0.2) is 22.5 Å². The monoisotopic (exact) mass is 429 g/mol. The Bertz CT molecular complexity index is 704. The van der Waals surface area contributed by atoms with E-state index >= 15 is 0 Å². The lowest BCUT2D eigenvalue weighted by molar-refractivity contribution is -0.138. The first-order valence-corrected chi connectivity index (χ1v) is 9.48. The maximum absolute atomic E-state index is 12.3. The minimum absolute atomic E-state index is 0.0921. The third kappa shape index (κ3) is 8.08. The summed E-state index contributed by atoms with van der Waals surface area (Å²) in [6.45, 7) is 6.23. The number of nitrogens with one attached hydrogen (secondary N) is 3. The van der Waals surface area contributed by atoms with Gasteiger partial charge in [-0.3, -0.25) is 5.32 Å². The normalized spacial score (nSPS) is 13.4. The fourth-order valence-electron chi connectivity index (χ4n) is 2.39. The molecular weight excluding hydrogens is 402 g/mol. The average molecular weight is 429 g/mol. The van der Waals surface area contributed by atoms with Gasteiger partial charge < -0.3 is 29.6 Å². The quantitative estimate of drug-likeness (QED) is 0.211. The van der Waals surface area contributed by atoms with E-state index < -0.39 is 18.0 Å². The summed E-state index contributed by atoms with van der Waals surface area (Å²) in [5, 5.41) is 8.30. The van der Waals surface area contributed by atoms with E-state index in [0.29, 0.717) is 29.1 Å². The zero-order chi connectivity index (χ0) is 21.8. The Hall–Kier alpha value is -2.66. The molecule has 1 rings (SSSR count). The number of ether oxygens (including phenoxy) is 4. The van der Waals surface area contributed by atoms with Crippen LogP contribution in [0.5, 0.6) is 0 Å². The summed E-state index contributed by atoms with van der Waals surface area (Å²) in [6, 6.07) is 0. The van der Waals surface area contributed by atoms with Gasteiger partial charge in [0.1, 0.15) is 0 Å². The van der Waals surface area contributed by atoms with Crippen molar-refractivity contribution in [3.8, 4) is 0 Å². The summed E-state index contributed by atoms with van der Waals surface area (Å²) < 4.78 is 20.1. The van der Waals surface area contributed by atoms with Crippen molar-refractivity contribution in [1.29, 1.82) is 0 Å². The minimum Gasteiger partial charge on any atom is -0.466 e. The van der Waals surface area contributed by atoms with Crippen LogP contribution < -0.4 is 16.0 Å². The van der Waals surface area contributed by atoms with Crippen molar-refractivity contribution >= 4 is 35.4 Å². The number of carbonyl (C=O) groups excluding carboxylic acids is 3. The van der Waals surface area contributed by atoms with Gasteiger partial charge in [-0.15, -0.1) is 0 Å². The predicted molar refractivity (Wildman–Crippen MR) is 108 cm³/mol. The highest BCUT2D eigenvalue weighted by molar-refractivity contribution is 7.80. The molecule has 0 saturated heterocycles. The molecule has 0 aromatic rings. The lowest BCUT2D eigenvalue weighted by atomic mass is 9.98. The number of allylic oxidation sites excluding steroid dienone is 1. The maximum atomic E-state index is 12.3. The van der Waals surface area contributed by atoms with Gasteiger partial charge >= 0.3 is 18.0 Å². The summed E-state index contributed by atoms with van der Waals surface area (Å²) >= 11 is 4.95. The van der Waals surface area contributed by atoms with Crippen molar-refractivity contribution in [2.75, 3.05) is 40.1 Å². The second-order valence-electron chi connectivity index (χ2n) is 5.73. The van der Waals surface area contributed by atoms with Crippen LogP contribution in [-0.4, -0.2) is 63.2 Å². The van der Waals surface area contributed by atoms with Crippen molar-refractivity contribution in [1.82, 2.24) is 16.0 Å². The lowest BCUT2D eigenvalue weighted by Gasteiger charge is -2.24. The molecule has 10 nitrogen and oxygen atoms in total. The molecule has 0 atom stereocenters. The van der Waals surface area contributed by atoms with Gasteiger partial charge in [0.25, 0.3) is 0 Å². The van der Waals surface area contributed by atoms with Crippen molar-refractivity contribution in [3.63, 3.8) is 0 Å². The second-order valence-corrected chi connectivity index (χ2v) is 6.14. The van der Waals surface area contributed by atoms with Crippen molar-refractivity contribution in [2.24, 2.45) is 0 Å². The Balaban J connectivity index is 2.60. The molecule has 0 radical (unpaired) electrons. The topological polar surface area (TPSA) is 124 Å². The summed E-state index contributed by atoms with van der Waals surface area (Å²) in [5.74, 6) is -1.03. The van der Waals surface area contributed by atoms with Crippen molar-refractivity contribution in [3.05, 3.63) is 22.5 Å². The minimum atomic E-state index is -0.634. The molecule has 0 unspecified atom stereocenters. The third-order valence-corrected chi connectivity index (χ3v) is 3.98. The van der Waals surface area contributed by atoms with Crippen LogP contribution in [-0.2, 0) is 28.5 Å². The maximum Gasteiger partial charge on any atom is 0.413 e. The Morgan fingerprint density at radius 3 is 2.41 bits per heavy atom. The van der Waals surface area contributed by atoms with Gasteiger partial charge in [0.2, 0.25) is 0 Å². The molecule has 1 aliphatic rings. The number of amides is 1. The number of hydrogen-bond donors (Lipinski definition) is 3. The van der Waals surface area contributed by atoms with E-state index in [1.165, 1.54) is 7.11 Å². The van der Waals surface area contributed by atoms with Gasteiger partial charge in [0.15, 0.2) is 5.11 Å². The molecule has 3 N–H and O–H groups in total. The molecule has 0 bridgehead atoms. The van der Waals surface area contributed by atoms with E-state index in [-0.39, 0.29) is 38.0 Å². The summed E-state index contributed by atoms with van der Waals surface area (Å²) in [7, 11) is 1.28. The first-order chi connectivity index (χ1) is 13.8. The van der Waals surface area contributed by atoms with Crippen LogP contribution in [0, 0.1) is 0 Å². The molecule has 0 fully saturated rings. The molecule has 0 aromatic heterocycles. The van der Waals surface area contributed by atoms with Crippen molar-refractivity contribution < 1.29 is 33.3 Å². The van der Waals surface area contributed by atoms with Gasteiger partial charge in [0, 0.05) is 18.7 Å². The molecule has 11 heteroatoms. The van der Waals surface area contributed by atoms with E-state index in [1.807, 2.05) is 0 Å². The first-order valence-electron chi connectivity index (χ1n) is 9.07. The van der Waals surface area contributed by atoms with Gasteiger partial charge in [-0.05, 0) is 33.0 Å². The van der Waals surface area contributed by atoms with Crippen LogP contribution in [0.4, 0.5) is 4.79 Å². The Kier molecular flexibility index (Phi) is 10.7. The molecule has 1 amide bonds. The number of carbonyl (C=O) groups is 3. The zero-order valence-electron chi connectivity index (χ0n) is 17.0. The smallest absolute Gasteiger partial charge is 0.413 e. The molecule has 0 aliphatic carbocycles. The standard InChI is InChI=1S/C18H27N3O7S/c1-5-27-16(23)13-9-12(15(22)25-4)11(3)20-14(13)10-26-8-7-19-17(29)21-18(24)28-6-2/h20H,5-10H2,1-4H3,(H2,19,21,24,29). The van der Waals surface area contributed by atoms with E-state index in [0.717, 1.165) is 0 Å². The predicted octanol–water partition coefficient (Wildman–Crippen LogP) is 0.881. The lowest BCUT2D eigenvalue weighted by Crippen LogP contribution is -2.41. The Labute approximate surface area is 175 Å². The van der Waals surface area contributed by atoms with Crippen molar-refractivity contribution in [2.45, 2.75) is 27.2 Å². The molecule has 29 heavy (non-hydrogen) atoms. The number of esters is 2. The van der Waals surface area contributed by atoms with E-state index in [4.69, 9.17) is 31.2 Å². The first kappa shape index (κ1) is 24.4. The zero-order valence-corrected chi connectivity index (χ0v) is 17.8. The van der Waals surface area contributed by atoms with E-state index in [9.17, 15) is 14.4 Å². The number of alkyl carbamates (subject to hydrolysis) is 1. The van der Waals surface area contributed by atoms with Crippen LogP contribution in [0.25, 0.3) is 0 Å². The second kappa shape index (κ2) is 12.7. The summed E-state index contributed by atoms with van der Waals surface area (Å²) in [4.78, 5) is 35.4. The Morgan fingerprint density at radius 1 is 1.10 bits per heavy atom. The molecule has 0 spiro atoms. The van der Waals surface area contributed by atoms with Crippen LogP contribution in [0.2, 0.25) is 0 Å².